The second kappa shape index (κ2) is 8.35. The van der Waals surface area contributed by atoms with Gasteiger partial charge in [0.05, 0.1) is 12.6 Å². The number of benzene rings is 2. The Bertz CT molecular complexity index is 723. The summed E-state index contributed by atoms with van der Waals surface area (Å²) in [5.41, 5.74) is 3.07. The fourth-order valence-corrected chi connectivity index (χ4v) is 2.86. The highest BCUT2D eigenvalue weighted by Gasteiger charge is 2.13. The lowest BCUT2D eigenvalue weighted by Crippen LogP contribution is -2.38. The van der Waals surface area contributed by atoms with Gasteiger partial charge in [-0.2, -0.15) is 0 Å². The summed E-state index contributed by atoms with van der Waals surface area (Å²) < 4.78 is 0. The first-order valence-electron chi connectivity index (χ1n) is 8.45. The van der Waals surface area contributed by atoms with Crippen molar-refractivity contribution in [1.29, 1.82) is 0 Å². The Morgan fingerprint density at radius 3 is 2.56 bits per heavy atom. The number of urea groups is 1. The first-order chi connectivity index (χ1) is 12.3. The Morgan fingerprint density at radius 2 is 1.84 bits per heavy atom. The van der Waals surface area contributed by atoms with Crippen molar-refractivity contribution in [3.63, 3.8) is 0 Å². The summed E-state index contributed by atoms with van der Waals surface area (Å²) in [6.07, 6.45) is 4.30. The number of carbonyl (C=O) groups excluding carboxylic acids is 1. The van der Waals surface area contributed by atoms with Crippen LogP contribution in [0.3, 0.4) is 0 Å². The van der Waals surface area contributed by atoms with Crippen LogP contribution in [0, 0.1) is 0 Å². The van der Waals surface area contributed by atoms with E-state index in [0.717, 1.165) is 29.9 Å². The van der Waals surface area contributed by atoms with Gasteiger partial charge < -0.3 is 20.6 Å². The van der Waals surface area contributed by atoms with Crippen molar-refractivity contribution >= 4 is 11.7 Å². The first kappa shape index (κ1) is 17.0. The van der Waals surface area contributed by atoms with Gasteiger partial charge >= 0.3 is 6.03 Å². The molecule has 0 aliphatic carbocycles. The Kier molecular flexibility index (Phi) is 5.69. The van der Waals surface area contributed by atoms with Gasteiger partial charge in [0, 0.05) is 25.3 Å². The highest BCUT2D eigenvalue weighted by molar-refractivity contribution is 5.74. The monoisotopic (exact) mass is 337 g/mol. The number of nitrogens with zero attached hydrogens (tertiary/aromatic N) is 1. The lowest BCUT2D eigenvalue weighted by Gasteiger charge is -2.19. The maximum absolute atomic E-state index is 12.1. The lowest BCUT2D eigenvalue weighted by atomic mass is 10.1. The van der Waals surface area contributed by atoms with Crippen LogP contribution >= 0.6 is 0 Å². The van der Waals surface area contributed by atoms with Crippen LogP contribution in [-0.4, -0.2) is 30.8 Å². The molecule has 0 saturated carbocycles. The predicted molar refractivity (Wildman–Crippen MR) is 99.4 cm³/mol. The molecule has 0 radical (unpaired) electrons. The standard InChI is InChI=1S/C20H23N3O2/c24-15-19(17-8-2-1-3-9-17)22-20(25)21-14-16-7-6-10-18(13-16)23-11-4-5-12-23/h1-10,13,19,24H,11-12,14-15H2,(H2,21,22,25)/t19-/m1/s1. The van der Waals surface area contributed by atoms with Crippen molar-refractivity contribution < 1.29 is 9.90 Å². The average Bonchev–Trinajstić information content (AvgIpc) is 3.20. The molecule has 1 heterocycles. The number of carbonyl (C=O) groups is 1. The zero-order valence-corrected chi connectivity index (χ0v) is 14.1. The van der Waals surface area contributed by atoms with Crippen LogP contribution < -0.4 is 15.5 Å². The van der Waals surface area contributed by atoms with E-state index in [9.17, 15) is 9.90 Å². The fraction of sp³-hybridized carbons (Fsp3) is 0.250. The summed E-state index contributed by atoms with van der Waals surface area (Å²) in [5, 5.41) is 15.2. The van der Waals surface area contributed by atoms with Gasteiger partial charge in [-0.15, -0.1) is 0 Å². The minimum absolute atomic E-state index is 0.144. The molecule has 5 nitrogen and oxygen atoms in total. The topological polar surface area (TPSA) is 64.6 Å². The van der Waals surface area contributed by atoms with Crippen molar-refractivity contribution in [2.75, 3.05) is 24.6 Å². The number of aliphatic hydroxyl groups excluding tert-OH is 1. The van der Waals surface area contributed by atoms with Crippen molar-refractivity contribution in [3.8, 4) is 0 Å². The molecule has 0 saturated heterocycles. The normalized spacial score (nSPS) is 14.4. The van der Waals surface area contributed by atoms with Crippen LogP contribution in [0.25, 0.3) is 0 Å². The van der Waals surface area contributed by atoms with Crippen LogP contribution in [-0.2, 0) is 6.54 Å². The van der Waals surface area contributed by atoms with E-state index >= 15 is 0 Å². The molecule has 0 spiro atoms. The number of hydrogen-bond donors (Lipinski definition) is 3. The summed E-state index contributed by atoms with van der Waals surface area (Å²) in [4.78, 5) is 14.4. The third kappa shape index (κ3) is 4.61. The van der Waals surface area contributed by atoms with Crippen LogP contribution in [0.1, 0.15) is 17.2 Å². The minimum Gasteiger partial charge on any atom is -0.394 e. The Morgan fingerprint density at radius 1 is 1.08 bits per heavy atom. The van der Waals surface area contributed by atoms with E-state index in [1.54, 1.807) is 0 Å². The van der Waals surface area contributed by atoms with Crippen LogP contribution in [0.15, 0.2) is 66.7 Å². The van der Waals surface area contributed by atoms with Gasteiger partial charge in [-0.3, -0.25) is 0 Å². The molecule has 0 aromatic heterocycles. The zero-order valence-electron chi connectivity index (χ0n) is 14.1. The number of anilines is 1. The quantitative estimate of drug-likeness (QED) is 0.710. The van der Waals surface area contributed by atoms with Gasteiger partial charge in [-0.25, -0.2) is 4.79 Å². The molecule has 0 bridgehead atoms. The largest absolute Gasteiger partial charge is 0.394 e. The third-order valence-corrected chi connectivity index (χ3v) is 4.24. The van der Waals surface area contributed by atoms with Crippen molar-refractivity contribution in [3.05, 3.63) is 77.9 Å². The molecular formula is C20H23N3O2. The number of rotatable bonds is 6. The number of amides is 2. The smallest absolute Gasteiger partial charge is 0.315 e. The maximum Gasteiger partial charge on any atom is 0.315 e. The Hall–Kier alpha value is -2.79. The molecule has 3 rings (SSSR count). The number of aliphatic hydroxyl groups is 1. The summed E-state index contributed by atoms with van der Waals surface area (Å²) in [6.45, 7) is 2.14. The molecule has 0 unspecified atom stereocenters. The highest BCUT2D eigenvalue weighted by Crippen LogP contribution is 2.18. The van der Waals surface area contributed by atoms with E-state index in [0.29, 0.717) is 6.54 Å². The number of hydrogen-bond acceptors (Lipinski definition) is 3. The van der Waals surface area contributed by atoms with Crippen LogP contribution in [0.4, 0.5) is 10.5 Å². The van der Waals surface area contributed by atoms with E-state index in [4.69, 9.17) is 0 Å². The van der Waals surface area contributed by atoms with E-state index in [1.807, 2.05) is 42.5 Å². The van der Waals surface area contributed by atoms with E-state index in [1.165, 1.54) is 0 Å². The molecule has 1 aliphatic rings. The minimum atomic E-state index is -0.414. The van der Waals surface area contributed by atoms with Crippen LogP contribution in [0.2, 0.25) is 0 Å². The predicted octanol–water partition coefficient (Wildman–Crippen LogP) is 2.60. The fourth-order valence-electron chi connectivity index (χ4n) is 2.86. The molecule has 25 heavy (non-hydrogen) atoms. The first-order valence-corrected chi connectivity index (χ1v) is 8.45. The van der Waals surface area contributed by atoms with Gasteiger partial charge in [0.25, 0.3) is 0 Å². The summed E-state index contributed by atoms with van der Waals surface area (Å²) >= 11 is 0. The van der Waals surface area contributed by atoms with Gasteiger partial charge in [-0.1, -0.05) is 54.6 Å². The van der Waals surface area contributed by atoms with Crippen molar-refractivity contribution in [1.82, 2.24) is 10.6 Å². The molecule has 2 aromatic rings. The molecule has 1 atom stereocenters. The summed E-state index contributed by atoms with van der Waals surface area (Å²) in [5.74, 6) is 0. The lowest BCUT2D eigenvalue weighted by molar-refractivity contribution is 0.216. The average molecular weight is 337 g/mol. The van der Waals surface area contributed by atoms with E-state index in [2.05, 4.69) is 39.8 Å². The summed E-state index contributed by atoms with van der Waals surface area (Å²) in [7, 11) is 0. The SMILES string of the molecule is O=C(NCc1cccc(N2CC=CC2)c1)N[C@H](CO)c1ccccc1. The van der Waals surface area contributed by atoms with Gasteiger partial charge in [0.2, 0.25) is 0 Å². The third-order valence-electron chi connectivity index (χ3n) is 4.24. The van der Waals surface area contributed by atoms with Gasteiger partial charge in [0.1, 0.15) is 0 Å². The van der Waals surface area contributed by atoms with Gasteiger partial charge in [-0.05, 0) is 23.3 Å². The van der Waals surface area contributed by atoms with E-state index in [-0.39, 0.29) is 12.6 Å². The highest BCUT2D eigenvalue weighted by atomic mass is 16.3. The molecule has 130 valence electrons. The molecule has 5 heteroatoms. The van der Waals surface area contributed by atoms with E-state index < -0.39 is 6.04 Å². The van der Waals surface area contributed by atoms with Crippen molar-refractivity contribution in [2.24, 2.45) is 0 Å². The molecular weight excluding hydrogens is 314 g/mol. The molecule has 1 aliphatic heterocycles. The Balaban J connectivity index is 1.54. The van der Waals surface area contributed by atoms with Crippen molar-refractivity contribution in [2.45, 2.75) is 12.6 Å². The number of nitrogens with one attached hydrogen (secondary N) is 2. The second-order valence-corrected chi connectivity index (χ2v) is 6.02. The zero-order chi connectivity index (χ0) is 17.5. The molecule has 2 amide bonds. The van der Waals surface area contributed by atoms with Crippen LogP contribution in [0.5, 0.6) is 0 Å². The molecule has 3 N–H and O–H groups in total. The summed E-state index contributed by atoms with van der Waals surface area (Å²) in [6, 6.07) is 16.9. The Labute approximate surface area is 148 Å². The van der Waals surface area contributed by atoms with Gasteiger partial charge in [0.15, 0.2) is 0 Å². The molecule has 0 fully saturated rings. The molecule has 2 aromatic carbocycles. The second-order valence-electron chi connectivity index (χ2n) is 6.02. The maximum atomic E-state index is 12.1.